The molecule has 0 aliphatic carbocycles. The number of aromatic amines is 1. The molecule has 4 heterocycles. The van der Waals surface area contributed by atoms with Gasteiger partial charge in [-0.25, -0.2) is 0 Å². The van der Waals surface area contributed by atoms with E-state index in [0.717, 1.165) is 0 Å². The lowest BCUT2D eigenvalue weighted by atomic mass is 9.80. The second-order valence-corrected chi connectivity index (χ2v) is 7.73. The number of fused-ring (bicyclic) bond motifs is 2. The number of thiocarbonyl (C=S) groups is 1. The molecule has 152 valence electrons. The Morgan fingerprint density at radius 2 is 2.00 bits per heavy atom. The molecule has 0 fully saturated rings. The summed E-state index contributed by atoms with van der Waals surface area (Å²) in [5.41, 5.74) is 1.84. The molecule has 9 heteroatoms. The van der Waals surface area contributed by atoms with Crippen molar-refractivity contribution in [2.75, 3.05) is 5.32 Å². The first-order chi connectivity index (χ1) is 15.0. The van der Waals surface area contributed by atoms with Crippen molar-refractivity contribution in [3.8, 4) is 23.1 Å². The number of rotatable bonds is 2. The van der Waals surface area contributed by atoms with Gasteiger partial charge in [-0.15, -0.1) is 0 Å². The highest BCUT2D eigenvalue weighted by Crippen LogP contribution is 2.45. The maximum absolute atomic E-state index is 13.3. The zero-order valence-corrected chi connectivity index (χ0v) is 17.1. The second-order valence-electron chi connectivity index (χ2n) is 7.29. The van der Waals surface area contributed by atoms with Crippen LogP contribution in [0.1, 0.15) is 17.2 Å². The topological polar surface area (TPSA) is 120 Å². The number of benzene rings is 1. The van der Waals surface area contributed by atoms with Crippen molar-refractivity contribution in [1.82, 2.24) is 19.7 Å². The van der Waals surface area contributed by atoms with Gasteiger partial charge < -0.3 is 15.0 Å². The average molecular weight is 428 g/mol. The Bertz CT molecular complexity index is 1450. The standard InChI is InChI=1S/C22H16N6O2S/c1-28-14-8-3-2-6-11(14)19(29)17(22(28)30)18-16-15(13-7-4-5-9-24-13)12(10-23)21(31)25-20(16)27-26-18/h2-9,12,15,29H,1H3,(H2,25,26,27,31)/t12-,15+/m0/s1. The molecule has 0 saturated heterocycles. The minimum Gasteiger partial charge on any atom is -0.506 e. The molecule has 1 aliphatic rings. The number of aryl methyl sites for hydroxylation is 1. The summed E-state index contributed by atoms with van der Waals surface area (Å²) in [6.07, 6.45) is 1.64. The van der Waals surface area contributed by atoms with Crippen molar-refractivity contribution in [2.45, 2.75) is 5.92 Å². The van der Waals surface area contributed by atoms with E-state index in [1.807, 2.05) is 12.1 Å². The normalized spacial score (nSPS) is 17.7. The molecule has 31 heavy (non-hydrogen) atoms. The minimum absolute atomic E-state index is 0.0854. The van der Waals surface area contributed by atoms with Gasteiger partial charge in [0, 0.05) is 29.9 Å². The van der Waals surface area contributed by atoms with Crippen molar-refractivity contribution in [3.05, 3.63) is 70.3 Å². The fourth-order valence-corrected chi connectivity index (χ4v) is 4.45. The molecule has 1 aliphatic heterocycles. The number of aromatic hydroxyl groups is 1. The van der Waals surface area contributed by atoms with E-state index in [2.05, 4.69) is 26.6 Å². The van der Waals surface area contributed by atoms with Crippen LogP contribution in [0.15, 0.2) is 53.5 Å². The van der Waals surface area contributed by atoms with Crippen LogP contribution in [0, 0.1) is 17.2 Å². The second kappa shape index (κ2) is 7.04. The number of anilines is 1. The number of nitrogens with zero attached hydrogens (tertiary/aromatic N) is 4. The van der Waals surface area contributed by atoms with Crippen molar-refractivity contribution in [2.24, 2.45) is 13.0 Å². The first-order valence-corrected chi connectivity index (χ1v) is 9.94. The van der Waals surface area contributed by atoms with Crippen LogP contribution in [0.4, 0.5) is 5.82 Å². The third-order valence-electron chi connectivity index (χ3n) is 5.64. The van der Waals surface area contributed by atoms with Crippen LogP contribution in [-0.4, -0.2) is 29.8 Å². The van der Waals surface area contributed by atoms with Gasteiger partial charge in [0.2, 0.25) is 0 Å². The molecule has 0 spiro atoms. The smallest absolute Gasteiger partial charge is 0.264 e. The fraction of sp³-hybridized carbons (Fsp3) is 0.136. The van der Waals surface area contributed by atoms with Gasteiger partial charge in [-0.1, -0.05) is 30.4 Å². The molecule has 0 radical (unpaired) electrons. The van der Waals surface area contributed by atoms with Crippen LogP contribution in [-0.2, 0) is 7.05 Å². The highest BCUT2D eigenvalue weighted by molar-refractivity contribution is 7.80. The molecular weight excluding hydrogens is 412 g/mol. The summed E-state index contributed by atoms with van der Waals surface area (Å²) in [6, 6.07) is 14.8. The average Bonchev–Trinajstić information content (AvgIpc) is 3.20. The molecule has 0 unspecified atom stereocenters. The van der Waals surface area contributed by atoms with E-state index >= 15 is 0 Å². The molecule has 5 rings (SSSR count). The zero-order chi connectivity index (χ0) is 21.7. The van der Waals surface area contributed by atoms with E-state index in [4.69, 9.17) is 12.2 Å². The molecule has 2 atom stereocenters. The largest absolute Gasteiger partial charge is 0.506 e. The Morgan fingerprint density at radius 1 is 1.23 bits per heavy atom. The van der Waals surface area contributed by atoms with Crippen molar-refractivity contribution in [1.29, 1.82) is 5.26 Å². The quantitative estimate of drug-likeness (QED) is 0.420. The molecule has 8 nitrogen and oxygen atoms in total. The lowest BCUT2D eigenvalue weighted by Gasteiger charge is -2.28. The maximum Gasteiger partial charge on any atom is 0.264 e. The van der Waals surface area contributed by atoms with Gasteiger partial charge in [0.1, 0.15) is 17.2 Å². The number of hydrogen-bond acceptors (Lipinski definition) is 6. The highest BCUT2D eigenvalue weighted by Gasteiger charge is 2.40. The third-order valence-corrected chi connectivity index (χ3v) is 6.00. The summed E-state index contributed by atoms with van der Waals surface area (Å²) >= 11 is 5.41. The van der Waals surface area contributed by atoms with Gasteiger partial charge in [0.05, 0.1) is 28.2 Å². The molecule has 3 N–H and O–H groups in total. The van der Waals surface area contributed by atoms with Crippen LogP contribution in [0.2, 0.25) is 0 Å². The van der Waals surface area contributed by atoms with E-state index in [1.165, 1.54) is 4.57 Å². The summed E-state index contributed by atoms with van der Waals surface area (Å²) in [5, 5.41) is 31.6. The van der Waals surface area contributed by atoms with Crippen molar-refractivity contribution < 1.29 is 5.11 Å². The Balaban J connectivity index is 1.84. The van der Waals surface area contributed by atoms with Gasteiger partial charge in [0.15, 0.2) is 5.82 Å². The lowest BCUT2D eigenvalue weighted by Crippen LogP contribution is -2.32. The van der Waals surface area contributed by atoms with Crippen LogP contribution in [0.3, 0.4) is 0 Å². The molecule has 0 bridgehead atoms. The molecular formula is C22H16N6O2S. The number of H-pyrrole nitrogens is 1. The van der Waals surface area contributed by atoms with Crippen LogP contribution in [0.25, 0.3) is 22.2 Å². The van der Waals surface area contributed by atoms with Crippen LogP contribution < -0.4 is 10.9 Å². The molecule has 0 saturated carbocycles. The number of pyridine rings is 2. The van der Waals surface area contributed by atoms with E-state index in [0.29, 0.717) is 38.7 Å². The Labute approximate surface area is 181 Å². The van der Waals surface area contributed by atoms with Crippen LogP contribution >= 0.6 is 12.2 Å². The SMILES string of the molecule is Cn1c(=O)c(-c2[nH]nc3c2[C@@H](c2ccccn2)[C@H](C#N)C(=S)N3)c(O)c2ccccc21. The minimum atomic E-state index is -0.708. The third kappa shape index (κ3) is 2.73. The monoisotopic (exact) mass is 428 g/mol. The molecule has 0 amide bonds. The Hall–Kier alpha value is -4.03. The number of hydrogen-bond donors (Lipinski definition) is 3. The van der Waals surface area contributed by atoms with Gasteiger partial charge in [-0.2, -0.15) is 10.4 Å². The van der Waals surface area contributed by atoms with E-state index in [1.54, 1.807) is 43.6 Å². The van der Waals surface area contributed by atoms with Crippen molar-refractivity contribution >= 4 is 33.9 Å². The summed E-state index contributed by atoms with van der Waals surface area (Å²) in [7, 11) is 1.65. The Kier molecular flexibility index (Phi) is 4.30. The van der Waals surface area contributed by atoms with E-state index in [9.17, 15) is 15.2 Å². The van der Waals surface area contributed by atoms with E-state index in [-0.39, 0.29) is 16.9 Å². The Morgan fingerprint density at radius 3 is 2.74 bits per heavy atom. The zero-order valence-electron chi connectivity index (χ0n) is 16.3. The highest BCUT2D eigenvalue weighted by atomic mass is 32.1. The summed E-state index contributed by atoms with van der Waals surface area (Å²) in [4.78, 5) is 18.0. The first-order valence-electron chi connectivity index (χ1n) is 9.53. The molecule has 4 aromatic rings. The number of nitriles is 1. The predicted octanol–water partition coefficient (Wildman–Crippen LogP) is 3.05. The number of nitrogens with one attached hydrogen (secondary N) is 2. The van der Waals surface area contributed by atoms with E-state index < -0.39 is 11.8 Å². The lowest BCUT2D eigenvalue weighted by molar-refractivity contribution is 0.481. The van der Waals surface area contributed by atoms with Gasteiger partial charge in [-0.05, 0) is 24.3 Å². The number of para-hydroxylation sites is 1. The summed E-state index contributed by atoms with van der Waals surface area (Å²) in [6.45, 7) is 0. The fourth-order valence-electron chi connectivity index (χ4n) is 4.17. The maximum atomic E-state index is 13.3. The first kappa shape index (κ1) is 19.0. The predicted molar refractivity (Wildman–Crippen MR) is 120 cm³/mol. The molecule has 3 aromatic heterocycles. The van der Waals surface area contributed by atoms with Gasteiger partial charge >= 0.3 is 0 Å². The van der Waals surface area contributed by atoms with Gasteiger partial charge in [-0.3, -0.25) is 14.9 Å². The summed E-state index contributed by atoms with van der Waals surface area (Å²) in [5.74, 6) is -0.997. The molecule has 1 aromatic carbocycles. The van der Waals surface area contributed by atoms with Gasteiger partial charge in [0.25, 0.3) is 5.56 Å². The van der Waals surface area contributed by atoms with Crippen molar-refractivity contribution in [3.63, 3.8) is 0 Å². The van der Waals surface area contributed by atoms with Crippen LogP contribution in [0.5, 0.6) is 5.75 Å². The summed E-state index contributed by atoms with van der Waals surface area (Å²) < 4.78 is 1.48. The number of aromatic nitrogens is 4.